The number of rotatable bonds is 5. The average Bonchev–Trinajstić information content (AvgIpc) is 3.50. The van der Waals surface area contributed by atoms with Crippen LogP contribution in [0.1, 0.15) is 34.8 Å². The maximum Gasteiger partial charge on any atom is 0.337 e. The van der Waals surface area contributed by atoms with Crippen molar-refractivity contribution in [3.05, 3.63) is 91.8 Å². The second-order valence-electron chi connectivity index (χ2n) is 7.79. The van der Waals surface area contributed by atoms with E-state index in [1.165, 1.54) is 20.0 Å². The van der Waals surface area contributed by atoms with Crippen molar-refractivity contribution in [2.45, 2.75) is 32.4 Å². The first kappa shape index (κ1) is 19.5. The molecule has 0 atom stereocenters. The van der Waals surface area contributed by atoms with Gasteiger partial charge in [-0.1, -0.05) is 29.8 Å². The number of fused-ring (bicyclic) bond motifs is 1. The minimum absolute atomic E-state index is 0.0655. The van der Waals surface area contributed by atoms with E-state index in [0.717, 1.165) is 18.4 Å². The normalized spacial score (nSPS) is 13.6. The van der Waals surface area contributed by atoms with Gasteiger partial charge in [0, 0.05) is 16.6 Å². The molecule has 2 aromatic heterocycles. The SMILES string of the molecule is Cc1ccccc1-n1c(=O)n(C2CC2)c(=O)c2c1ncn2CC(=O)c1ccc(Cl)cc1. The summed E-state index contributed by atoms with van der Waals surface area (Å²) in [4.78, 5) is 43.8. The summed E-state index contributed by atoms with van der Waals surface area (Å²) >= 11 is 5.91. The van der Waals surface area contributed by atoms with E-state index in [4.69, 9.17) is 11.6 Å². The van der Waals surface area contributed by atoms with Crippen LogP contribution in [0.2, 0.25) is 5.02 Å². The predicted octanol–water partition coefficient (Wildman–Crippen LogP) is 3.53. The fourth-order valence-corrected chi connectivity index (χ4v) is 3.97. The van der Waals surface area contributed by atoms with Crippen molar-refractivity contribution < 1.29 is 4.79 Å². The summed E-state index contributed by atoms with van der Waals surface area (Å²) < 4.78 is 4.31. The Balaban J connectivity index is 1.71. The van der Waals surface area contributed by atoms with Crippen molar-refractivity contribution in [2.24, 2.45) is 0 Å². The number of halogens is 1. The Morgan fingerprint density at radius 2 is 1.81 bits per heavy atom. The molecule has 2 aromatic carbocycles. The molecule has 1 aliphatic rings. The number of hydrogen-bond donors (Lipinski definition) is 0. The fraction of sp³-hybridized carbons (Fsp3) is 0.217. The topological polar surface area (TPSA) is 78.9 Å². The van der Waals surface area contributed by atoms with Gasteiger partial charge in [0.25, 0.3) is 5.56 Å². The van der Waals surface area contributed by atoms with Gasteiger partial charge in [-0.15, -0.1) is 0 Å². The van der Waals surface area contributed by atoms with Crippen molar-refractivity contribution in [2.75, 3.05) is 0 Å². The summed E-state index contributed by atoms with van der Waals surface area (Å²) in [7, 11) is 0. The maximum absolute atomic E-state index is 13.3. The molecule has 0 saturated heterocycles. The quantitative estimate of drug-likeness (QED) is 0.450. The lowest BCUT2D eigenvalue weighted by molar-refractivity contribution is 0.0973. The number of carbonyl (C=O) groups excluding carboxylic acids is 1. The highest BCUT2D eigenvalue weighted by Gasteiger charge is 2.31. The highest BCUT2D eigenvalue weighted by atomic mass is 35.5. The lowest BCUT2D eigenvalue weighted by Crippen LogP contribution is -2.40. The van der Waals surface area contributed by atoms with Gasteiger partial charge in [-0.25, -0.2) is 14.3 Å². The van der Waals surface area contributed by atoms with Crippen LogP contribution in [0.15, 0.2) is 64.4 Å². The first-order chi connectivity index (χ1) is 15.0. The number of imidazole rings is 1. The third-order valence-corrected chi connectivity index (χ3v) is 5.85. The number of nitrogens with zero attached hydrogens (tertiary/aromatic N) is 4. The summed E-state index contributed by atoms with van der Waals surface area (Å²) in [6, 6.07) is 13.9. The van der Waals surface area contributed by atoms with Crippen molar-refractivity contribution >= 4 is 28.5 Å². The van der Waals surface area contributed by atoms with Crippen LogP contribution in [0.4, 0.5) is 0 Å². The van der Waals surface area contributed by atoms with Crippen LogP contribution in [-0.2, 0) is 6.54 Å². The maximum atomic E-state index is 13.3. The predicted molar refractivity (Wildman–Crippen MR) is 118 cm³/mol. The van der Waals surface area contributed by atoms with Crippen LogP contribution < -0.4 is 11.2 Å². The van der Waals surface area contributed by atoms with Crippen molar-refractivity contribution in [1.29, 1.82) is 0 Å². The highest BCUT2D eigenvalue weighted by molar-refractivity contribution is 6.30. The Morgan fingerprint density at radius 3 is 2.48 bits per heavy atom. The number of hydrogen-bond acceptors (Lipinski definition) is 4. The van der Waals surface area contributed by atoms with Crippen molar-refractivity contribution in [1.82, 2.24) is 18.7 Å². The van der Waals surface area contributed by atoms with Gasteiger partial charge in [0.2, 0.25) is 0 Å². The third kappa shape index (κ3) is 3.31. The smallest absolute Gasteiger partial charge is 0.317 e. The van der Waals surface area contributed by atoms with Crippen LogP contribution in [0, 0.1) is 6.92 Å². The first-order valence-corrected chi connectivity index (χ1v) is 10.4. The molecule has 0 bridgehead atoms. The summed E-state index contributed by atoms with van der Waals surface area (Å²) in [6.07, 6.45) is 3.02. The Kier molecular flexibility index (Phi) is 4.63. The number of Topliss-reactive ketones (excluding diaryl/α,β-unsaturated/α-hetero) is 1. The van der Waals surface area contributed by atoms with Crippen LogP contribution in [0.5, 0.6) is 0 Å². The second-order valence-corrected chi connectivity index (χ2v) is 8.22. The fourth-order valence-electron chi connectivity index (χ4n) is 3.84. The zero-order chi connectivity index (χ0) is 21.7. The van der Waals surface area contributed by atoms with Gasteiger partial charge in [0.05, 0.1) is 18.6 Å². The lowest BCUT2D eigenvalue weighted by atomic mass is 10.1. The van der Waals surface area contributed by atoms with Crippen molar-refractivity contribution in [3.8, 4) is 5.69 Å². The molecule has 0 spiro atoms. The number of aryl methyl sites for hydroxylation is 1. The van der Waals surface area contributed by atoms with Gasteiger partial charge >= 0.3 is 5.69 Å². The van der Waals surface area contributed by atoms with Crippen molar-refractivity contribution in [3.63, 3.8) is 0 Å². The van der Waals surface area contributed by atoms with Gasteiger partial charge in [0.15, 0.2) is 16.9 Å². The molecule has 156 valence electrons. The van der Waals surface area contributed by atoms with Gasteiger partial charge in [-0.2, -0.15) is 0 Å². The molecule has 5 rings (SSSR count). The Bertz CT molecular complexity index is 1440. The molecular formula is C23H19ClN4O3. The third-order valence-electron chi connectivity index (χ3n) is 5.60. The van der Waals surface area contributed by atoms with E-state index in [9.17, 15) is 14.4 Å². The molecule has 1 aliphatic carbocycles. The standard InChI is InChI=1S/C23H19ClN4O3/c1-14-4-2-3-5-18(14)28-21-20(22(30)27(23(28)31)17-10-11-17)26(13-25-21)12-19(29)15-6-8-16(24)9-7-15/h2-9,13,17H,10-12H2,1H3. The number of benzene rings is 2. The Labute approximate surface area is 182 Å². The van der Waals surface area contributed by atoms with E-state index in [1.807, 2.05) is 31.2 Å². The molecule has 0 amide bonds. The Hall–Kier alpha value is -3.45. The van der Waals surface area contributed by atoms with E-state index in [2.05, 4.69) is 4.98 Å². The number of ketones is 1. The molecule has 0 N–H and O–H groups in total. The van der Waals surface area contributed by atoms with E-state index in [-0.39, 0.29) is 29.5 Å². The molecule has 8 heteroatoms. The lowest BCUT2D eigenvalue weighted by Gasteiger charge is -2.13. The minimum atomic E-state index is -0.409. The molecule has 1 saturated carbocycles. The van der Waals surface area contributed by atoms with E-state index < -0.39 is 11.2 Å². The van der Waals surface area contributed by atoms with E-state index in [1.54, 1.807) is 24.3 Å². The molecule has 1 fully saturated rings. The zero-order valence-electron chi connectivity index (χ0n) is 16.8. The van der Waals surface area contributed by atoms with Crippen LogP contribution in [0.25, 0.3) is 16.9 Å². The molecule has 31 heavy (non-hydrogen) atoms. The van der Waals surface area contributed by atoms with Gasteiger partial charge in [-0.05, 0) is 55.7 Å². The summed E-state index contributed by atoms with van der Waals surface area (Å²) in [5.41, 5.74) is 1.74. The first-order valence-electron chi connectivity index (χ1n) is 10.0. The highest BCUT2D eigenvalue weighted by Crippen LogP contribution is 2.32. The Morgan fingerprint density at radius 1 is 1.10 bits per heavy atom. The summed E-state index contributed by atoms with van der Waals surface area (Å²) in [5, 5.41) is 0.541. The van der Waals surface area contributed by atoms with Crippen LogP contribution in [-0.4, -0.2) is 24.5 Å². The van der Waals surface area contributed by atoms with E-state index >= 15 is 0 Å². The summed E-state index contributed by atoms with van der Waals surface area (Å²) in [5.74, 6) is -0.179. The molecular weight excluding hydrogens is 416 g/mol. The molecule has 4 aromatic rings. The largest absolute Gasteiger partial charge is 0.337 e. The summed E-state index contributed by atoms with van der Waals surface area (Å²) in [6.45, 7) is 1.84. The van der Waals surface area contributed by atoms with Crippen LogP contribution in [0.3, 0.4) is 0 Å². The van der Waals surface area contributed by atoms with E-state index in [0.29, 0.717) is 16.3 Å². The minimum Gasteiger partial charge on any atom is -0.317 e. The average molecular weight is 435 g/mol. The molecule has 0 unspecified atom stereocenters. The van der Waals surface area contributed by atoms with Gasteiger partial charge < -0.3 is 4.57 Å². The van der Waals surface area contributed by atoms with Gasteiger partial charge in [0.1, 0.15) is 0 Å². The van der Waals surface area contributed by atoms with Gasteiger partial charge in [-0.3, -0.25) is 14.2 Å². The molecule has 0 aliphatic heterocycles. The molecule has 0 radical (unpaired) electrons. The zero-order valence-corrected chi connectivity index (χ0v) is 17.5. The number of carbonyl (C=O) groups is 1. The number of aromatic nitrogens is 4. The molecule has 2 heterocycles. The monoisotopic (exact) mass is 434 g/mol. The molecule has 7 nitrogen and oxygen atoms in total. The second kappa shape index (κ2) is 7.35. The van der Waals surface area contributed by atoms with Crippen LogP contribution >= 0.6 is 11.6 Å². The number of para-hydroxylation sites is 1.